The number of fused-ring (bicyclic) bond motifs is 1. The Balaban J connectivity index is 1.15. The SMILES string of the molecule is O=C(NC(CCN1CC2CN(C(=O)c3ccccn3)C[C@@H]2C1)c1ccccc1)C1CCOC1. The minimum absolute atomic E-state index is 0.00183. The van der Waals surface area contributed by atoms with E-state index in [1.807, 2.05) is 35.2 Å². The van der Waals surface area contributed by atoms with Crippen LogP contribution in [0.3, 0.4) is 0 Å². The largest absolute Gasteiger partial charge is 0.381 e. The normalized spacial score (nSPS) is 25.7. The fourth-order valence-electron chi connectivity index (χ4n) is 5.44. The number of ether oxygens (including phenoxy) is 1. The second-order valence-electron chi connectivity index (χ2n) is 9.53. The van der Waals surface area contributed by atoms with E-state index in [0.29, 0.717) is 30.7 Å². The summed E-state index contributed by atoms with van der Waals surface area (Å²) in [6, 6.07) is 15.7. The number of nitrogens with one attached hydrogen (secondary N) is 1. The molecule has 174 valence electrons. The van der Waals surface area contributed by atoms with Crippen LogP contribution in [-0.2, 0) is 9.53 Å². The van der Waals surface area contributed by atoms with E-state index in [1.165, 1.54) is 0 Å². The summed E-state index contributed by atoms with van der Waals surface area (Å²) in [5.74, 6) is 1.13. The van der Waals surface area contributed by atoms with Crippen LogP contribution in [0.2, 0.25) is 0 Å². The van der Waals surface area contributed by atoms with E-state index in [-0.39, 0.29) is 23.8 Å². The molecule has 1 aromatic heterocycles. The van der Waals surface area contributed by atoms with Gasteiger partial charge in [0, 0.05) is 45.5 Å². The summed E-state index contributed by atoms with van der Waals surface area (Å²) in [6.07, 6.45) is 3.35. The Morgan fingerprint density at radius 1 is 1.03 bits per heavy atom. The van der Waals surface area contributed by atoms with Gasteiger partial charge >= 0.3 is 0 Å². The van der Waals surface area contributed by atoms with Crippen molar-refractivity contribution in [3.63, 3.8) is 0 Å². The zero-order valence-electron chi connectivity index (χ0n) is 18.9. The number of hydrogen-bond acceptors (Lipinski definition) is 5. The van der Waals surface area contributed by atoms with Crippen molar-refractivity contribution in [2.24, 2.45) is 17.8 Å². The number of pyridine rings is 1. The van der Waals surface area contributed by atoms with E-state index in [4.69, 9.17) is 4.74 Å². The first-order chi connectivity index (χ1) is 16.2. The lowest BCUT2D eigenvalue weighted by molar-refractivity contribution is -0.125. The van der Waals surface area contributed by atoms with Gasteiger partial charge in [-0.25, -0.2) is 0 Å². The number of carbonyl (C=O) groups excluding carboxylic acids is 2. The number of nitrogens with zero attached hydrogens (tertiary/aromatic N) is 3. The fourth-order valence-corrected chi connectivity index (χ4v) is 5.44. The molecule has 4 heterocycles. The minimum Gasteiger partial charge on any atom is -0.381 e. The number of amides is 2. The molecule has 3 aliphatic heterocycles. The number of rotatable bonds is 7. The Kier molecular flexibility index (Phi) is 6.69. The zero-order chi connectivity index (χ0) is 22.6. The van der Waals surface area contributed by atoms with Crippen molar-refractivity contribution in [1.82, 2.24) is 20.1 Å². The van der Waals surface area contributed by atoms with Crippen LogP contribution in [0.25, 0.3) is 0 Å². The molecule has 0 saturated carbocycles. The molecular weight excluding hydrogens is 416 g/mol. The highest BCUT2D eigenvalue weighted by atomic mass is 16.5. The highest BCUT2D eigenvalue weighted by molar-refractivity contribution is 5.92. The average Bonchev–Trinajstić information content (AvgIpc) is 3.59. The van der Waals surface area contributed by atoms with Crippen molar-refractivity contribution < 1.29 is 14.3 Å². The third kappa shape index (κ3) is 5.09. The first-order valence-electron chi connectivity index (χ1n) is 12.0. The lowest BCUT2D eigenvalue weighted by Gasteiger charge is -2.25. The standard InChI is InChI=1S/C26H32N4O3/c31-25(20-10-13-33-18-20)28-23(19-6-2-1-3-7-19)9-12-29-14-21-16-30(17-22(21)15-29)26(32)24-8-4-5-11-27-24/h1-8,11,20-23H,9-10,12-18H2,(H,28,31)/t20?,21-,22?,23?/m0/s1. The Morgan fingerprint density at radius 3 is 2.45 bits per heavy atom. The molecule has 3 unspecified atom stereocenters. The number of aromatic nitrogens is 1. The molecule has 5 rings (SSSR count). The van der Waals surface area contributed by atoms with Gasteiger partial charge < -0.3 is 19.9 Å². The highest BCUT2D eigenvalue weighted by Gasteiger charge is 2.41. The molecule has 1 N–H and O–H groups in total. The first-order valence-corrected chi connectivity index (χ1v) is 12.0. The topological polar surface area (TPSA) is 74.8 Å². The van der Waals surface area contributed by atoms with Crippen molar-refractivity contribution in [3.8, 4) is 0 Å². The van der Waals surface area contributed by atoms with Crippen LogP contribution in [-0.4, -0.2) is 72.5 Å². The summed E-state index contributed by atoms with van der Waals surface area (Å²) in [5, 5.41) is 3.28. The lowest BCUT2D eigenvalue weighted by Crippen LogP contribution is -2.37. The molecule has 3 fully saturated rings. The molecule has 7 heteroatoms. The van der Waals surface area contributed by atoms with Gasteiger partial charge in [0.1, 0.15) is 5.69 Å². The number of carbonyl (C=O) groups is 2. The zero-order valence-corrected chi connectivity index (χ0v) is 18.9. The van der Waals surface area contributed by atoms with Crippen LogP contribution in [0, 0.1) is 17.8 Å². The highest BCUT2D eigenvalue weighted by Crippen LogP contribution is 2.32. The summed E-state index contributed by atoms with van der Waals surface area (Å²) >= 11 is 0. The van der Waals surface area contributed by atoms with Crippen molar-refractivity contribution >= 4 is 11.8 Å². The lowest BCUT2D eigenvalue weighted by atomic mass is 10.0. The van der Waals surface area contributed by atoms with Gasteiger partial charge in [0.25, 0.3) is 5.91 Å². The Labute approximate surface area is 195 Å². The molecule has 3 saturated heterocycles. The molecule has 1 aromatic carbocycles. The van der Waals surface area contributed by atoms with E-state index in [9.17, 15) is 9.59 Å². The van der Waals surface area contributed by atoms with Crippen LogP contribution in [0.1, 0.15) is 34.9 Å². The monoisotopic (exact) mass is 448 g/mol. The maximum absolute atomic E-state index is 12.8. The maximum atomic E-state index is 12.8. The molecule has 33 heavy (non-hydrogen) atoms. The molecule has 3 aliphatic rings. The molecule has 0 aliphatic carbocycles. The van der Waals surface area contributed by atoms with Gasteiger partial charge in [-0.3, -0.25) is 14.6 Å². The van der Waals surface area contributed by atoms with Gasteiger partial charge in [-0.2, -0.15) is 0 Å². The Hall–Kier alpha value is -2.77. The summed E-state index contributed by atoms with van der Waals surface area (Å²) in [4.78, 5) is 34.2. The summed E-state index contributed by atoms with van der Waals surface area (Å²) in [5.41, 5.74) is 1.68. The molecule has 2 aromatic rings. The average molecular weight is 449 g/mol. The smallest absolute Gasteiger partial charge is 0.272 e. The van der Waals surface area contributed by atoms with Gasteiger partial charge in [0.15, 0.2) is 0 Å². The molecule has 0 spiro atoms. The number of benzene rings is 1. The maximum Gasteiger partial charge on any atom is 0.272 e. The van der Waals surface area contributed by atoms with Crippen LogP contribution in [0.5, 0.6) is 0 Å². The third-order valence-electron chi connectivity index (χ3n) is 7.29. The molecule has 4 atom stereocenters. The second-order valence-corrected chi connectivity index (χ2v) is 9.53. The van der Waals surface area contributed by atoms with Gasteiger partial charge in [-0.05, 0) is 42.4 Å². The third-order valence-corrected chi connectivity index (χ3v) is 7.29. The quantitative estimate of drug-likeness (QED) is 0.704. The predicted octanol–water partition coefficient (Wildman–Crippen LogP) is 2.37. The number of hydrogen-bond donors (Lipinski definition) is 1. The molecule has 0 bridgehead atoms. The van der Waals surface area contributed by atoms with Gasteiger partial charge in [0.05, 0.1) is 18.6 Å². The predicted molar refractivity (Wildman–Crippen MR) is 124 cm³/mol. The van der Waals surface area contributed by atoms with Crippen molar-refractivity contribution in [3.05, 3.63) is 66.0 Å². The van der Waals surface area contributed by atoms with Crippen LogP contribution < -0.4 is 5.32 Å². The fraction of sp³-hybridized carbons (Fsp3) is 0.500. The summed E-state index contributed by atoms with van der Waals surface area (Å²) in [6.45, 7) is 5.74. The van der Waals surface area contributed by atoms with Gasteiger partial charge in [-0.15, -0.1) is 0 Å². The second kappa shape index (κ2) is 10.0. The van der Waals surface area contributed by atoms with Gasteiger partial charge in [-0.1, -0.05) is 36.4 Å². The molecule has 7 nitrogen and oxygen atoms in total. The van der Waals surface area contributed by atoms with E-state index in [2.05, 4.69) is 27.3 Å². The van der Waals surface area contributed by atoms with Crippen LogP contribution >= 0.6 is 0 Å². The van der Waals surface area contributed by atoms with Crippen molar-refractivity contribution in [1.29, 1.82) is 0 Å². The van der Waals surface area contributed by atoms with E-state index in [1.54, 1.807) is 12.3 Å². The summed E-state index contributed by atoms with van der Waals surface area (Å²) in [7, 11) is 0. The Morgan fingerprint density at radius 2 is 1.79 bits per heavy atom. The number of likely N-dealkylation sites (tertiary alicyclic amines) is 2. The summed E-state index contributed by atoms with van der Waals surface area (Å²) < 4.78 is 5.40. The van der Waals surface area contributed by atoms with Gasteiger partial charge in [0.2, 0.25) is 5.91 Å². The van der Waals surface area contributed by atoms with Crippen LogP contribution in [0.4, 0.5) is 0 Å². The first kappa shape index (κ1) is 22.0. The van der Waals surface area contributed by atoms with Crippen molar-refractivity contribution in [2.45, 2.75) is 18.9 Å². The minimum atomic E-state index is -0.0371. The molecular formula is C26H32N4O3. The van der Waals surface area contributed by atoms with E-state index in [0.717, 1.165) is 51.1 Å². The van der Waals surface area contributed by atoms with Crippen LogP contribution in [0.15, 0.2) is 54.7 Å². The van der Waals surface area contributed by atoms with E-state index >= 15 is 0 Å². The Bertz CT molecular complexity index is 935. The van der Waals surface area contributed by atoms with E-state index < -0.39 is 0 Å². The molecule has 0 radical (unpaired) electrons. The molecule has 2 amide bonds. The van der Waals surface area contributed by atoms with Crippen molar-refractivity contribution in [2.75, 3.05) is 45.9 Å².